The standard InChI is InChI=1S/C50H35NO.C4H10/c1-3-45(50-34(2)46-14-9-10-16-49(46)52-50)39-23-30-44(31-24-39)51(42-26-19-36(20-27-42)35-11-5-4-6-12-35)43-28-21-37(22-29-43)40-25-32-48-41(33-40)18-17-38-13-7-8-15-47(38)48;1-4(2)3/h3-33H,1-2H2;4H,1-3H3/b50-45-;. The molecule has 0 amide bonds. The molecule has 1 aromatic heterocycles. The number of nitrogens with zero attached hydrogens (tertiary/aromatic N) is 1. The zero-order valence-electron chi connectivity index (χ0n) is 32.2. The van der Waals surface area contributed by atoms with Gasteiger partial charge in [0.15, 0.2) is 0 Å². The van der Waals surface area contributed by atoms with Crippen LogP contribution in [0.15, 0.2) is 199 Å². The number of hydrogen-bond donors (Lipinski definition) is 0. The van der Waals surface area contributed by atoms with Crippen molar-refractivity contribution in [3.63, 3.8) is 0 Å². The second kappa shape index (κ2) is 15.8. The summed E-state index contributed by atoms with van der Waals surface area (Å²) >= 11 is 0. The Kier molecular flexibility index (Phi) is 10.2. The number of para-hydroxylation sites is 1. The molecule has 0 fully saturated rings. The van der Waals surface area contributed by atoms with Crippen molar-refractivity contribution in [1.29, 1.82) is 0 Å². The second-order valence-corrected chi connectivity index (χ2v) is 14.8. The van der Waals surface area contributed by atoms with Gasteiger partial charge >= 0.3 is 0 Å². The van der Waals surface area contributed by atoms with Crippen molar-refractivity contribution in [3.05, 3.63) is 211 Å². The Labute approximate surface area is 329 Å². The first kappa shape index (κ1) is 36.1. The Hall–Kier alpha value is -6.90. The minimum absolute atomic E-state index is 0.745. The minimum Gasteiger partial charge on any atom is -0.455 e. The fourth-order valence-electron chi connectivity index (χ4n) is 7.32. The van der Waals surface area contributed by atoms with Gasteiger partial charge in [0.2, 0.25) is 0 Å². The number of allylic oxidation sites excluding steroid dienone is 1. The lowest BCUT2D eigenvalue weighted by Crippen LogP contribution is -2.21. The van der Waals surface area contributed by atoms with Crippen LogP contribution in [0.4, 0.5) is 17.1 Å². The van der Waals surface area contributed by atoms with Gasteiger partial charge in [-0.2, -0.15) is 0 Å². The second-order valence-electron chi connectivity index (χ2n) is 14.8. The third-order valence-electron chi connectivity index (χ3n) is 10.0. The van der Waals surface area contributed by atoms with E-state index >= 15 is 0 Å². The Morgan fingerprint density at radius 2 is 0.982 bits per heavy atom. The maximum absolute atomic E-state index is 6.28. The molecule has 0 aliphatic carbocycles. The summed E-state index contributed by atoms with van der Waals surface area (Å²) in [6.07, 6.45) is 1.86. The highest BCUT2D eigenvalue weighted by Crippen LogP contribution is 2.38. The average Bonchev–Trinajstić information content (AvgIpc) is 3.57. The summed E-state index contributed by atoms with van der Waals surface area (Å²) in [6.45, 7) is 15.0. The lowest BCUT2D eigenvalue weighted by molar-refractivity contribution is 0.573. The highest BCUT2D eigenvalue weighted by atomic mass is 16.3. The number of anilines is 3. The van der Waals surface area contributed by atoms with Crippen LogP contribution in [0.5, 0.6) is 0 Å². The summed E-state index contributed by atoms with van der Waals surface area (Å²) in [6, 6.07) is 64.5. The molecule has 2 heteroatoms. The molecule has 0 aliphatic rings. The van der Waals surface area contributed by atoms with Crippen LogP contribution in [0.3, 0.4) is 0 Å². The molecule has 9 rings (SSSR count). The molecule has 0 atom stereocenters. The van der Waals surface area contributed by atoms with Crippen molar-refractivity contribution in [2.75, 3.05) is 4.90 Å². The summed E-state index contributed by atoms with van der Waals surface area (Å²) in [5.74, 6) is 0.833. The number of benzene rings is 8. The molecule has 0 saturated carbocycles. The van der Waals surface area contributed by atoms with Gasteiger partial charge in [-0.1, -0.05) is 173 Å². The SMILES string of the molecule is C=C/C(c1ccc(N(c2ccc(-c3ccccc3)cc2)c2ccc(-c3ccc4c(ccc5ccccc54)c3)cc2)cc1)=c1/oc2ccccc2c1=C.CC(C)C. The van der Waals surface area contributed by atoms with Gasteiger partial charge < -0.3 is 9.32 Å². The van der Waals surface area contributed by atoms with Crippen molar-refractivity contribution in [2.45, 2.75) is 20.8 Å². The average molecular weight is 724 g/mol. The van der Waals surface area contributed by atoms with Crippen molar-refractivity contribution < 1.29 is 4.42 Å². The lowest BCUT2D eigenvalue weighted by Gasteiger charge is -2.26. The van der Waals surface area contributed by atoms with E-state index in [9.17, 15) is 0 Å². The van der Waals surface area contributed by atoms with Crippen molar-refractivity contribution >= 4 is 61.7 Å². The van der Waals surface area contributed by atoms with Crippen LogP contribution in [0.2, 0.25) is 0 Å². The van der Waals surface area contributed by atoms with E-state index in [0.29, 0.717) is 0 Å². The predicted molar refractivity (Wildman–Crippen MR) is 241 cm³/mol. The molecule has 272 valence electrons. The highest BCUT2D eigenvalue weighted by Gasteiger charge is 2.15. The molecular weight excluding hydrogens is 679 g/mol. The molecule has 0 N–H and O–H groups in total. The number of furan rings is 1. The molecule has 0 bridgehead atoms. The summed E-state index contributed by atoms with van der Waals surface area (Å²) in [7, 11) is 0. The van der Waals surface area contributed by atoms with Gasteiger partial charge in [-0.15, -0.1) is 0 Å². The maximum Gasteiger partial charge on any atom is 0.142 e. The summed E-state index contributed by atoms with van der Waals surface area (Å²) in [5.41, 5.74) is 11.4. The molecule has 0 unspecified atom stereocenters. The Morgan fingerprint density at radius 3 is 1.61 bits per heavy atom. The van der Waals surface area contributed by atoms with E-state index in [1.54, 1.807) is 0 Å². The molecule has 1 heterocycles. The molecular formula is C54H45NO. The third kappa shape index (κ3) is 7.30. The van der Waals surface area contributed by atoms with E-state index in [-0.39, 0.29) is 0 Å². The van der Waals surface area contributed by atoms with E-state index in [1.165, 1.54) is 43.8 Å². The molecule has 8 aromatic carbocycles. The maximum atomic E-state index is 6.28. The molecule has 0 saturated heterocycles. The van der Waals surface area contributed by atoms with Crippen LogP contribution in [-0.4, -0.2) is 0 Å². The zero-order chi connectivity index (χ0) is 38.6. The first-order valence-electron chi connectivity index (χ1n) is 19.3. The van der Waals surface area contributed by atoms with Crippen LogP contribution in [-0.2, 0) is 0 Å². The molecule has 0 aliphatic heterocycles. The van der Waals surface area contributed by atoms with Crippen LogP contribution >= 0.6 is 0 Å². The van der Waals surface area contributed by atoms with Crippen LogP contribution in [0, 0.1) is 5.92 Å². The van der Waals surface area contributed by atoms with Gasteiger partial charge in [0.05, 0.1) is 0 Å². The Bertz CT molecular complexity index is 2900. The first-order chi connectivity index (χ1) is 27.4. The van der Waals surface area contributed by atoms with Crippen LogP contribution in [0.25, 0.3) is 66.9 Å². The quantitative estimate of drug-likeness (QED) is 0.152. The number of fused-ring (bicyclic) bond motifs is 4. The van der Waals surface area contributed by atoms with E-state index < -0.39 is 0 Å². The van der Waals surface area contributed by atoms with Gasteiger partial charge in [-0.3, -0.25) is 0 Å². The van der Waals surface area contributed by atoms with Gasteiger partial charge in [0.25, 0.3) is 0 Å². The number of hydrogen-bond acceptors (Lipinski definition) is 2. The molecule has 56 heavy (non-hydrogen) atoms. The fourth-order valence-corrected chi connectivity index (χ4v) is 7.32. The highest BCUT2D eigenvalue weighted by molar-refractivity contribution is 6.08. The largest absolute Gasteiger partial charge is 0.455 e. The van der Waals surface area contributed by atoms with Gasteiger partial charge in [0, 0.05) is 33.2 Å². The summed E-state index contributed by atoms with van der Waals surface area (Å²) in [5, 5.41) is 6.94. The van der Waals surface area contributed by atoms with Crippen molar-refractivity contribution in [1.82, 2.24) is 0 Å². The minimum atomic E-state index is 0.745. The van der Waals surface area contributed by atoms with Crippen LogP contribution in [0.1, 0.15) is 26.3 Å². The molecule has 9 aromatic rings. The predicted octanol–water partition coefficient (Wildman–Crippen LogP) is 14.0. The summed E-state index contributed by atoms with van der Waals surface area (Å²) in [4.78, 5) is 2.30. The zero-order valence-corrected chi connectivity index (χ0v) is 32.2. The summed E-state index contributed by atoms with van der Waals surface area (Å²) < 4.78 is 6.28. The Morgan fingerprint density at radius 1 is 0.500 bits per heavy atom. The lowest BCUT2D eigenvalue weighted by atomic mass is 9.97. The number of rotatable bonds is 7. The van der Waals surface area contributed by atoms with E-state index in [1.807, 2.05) is 36.4 Å². The van der Waals surface area contributed by atoms with Gasteiger partial charge in [-0.05, 0) is 104 Å². The van der Waals surface area contributed by atoms with Crippen LogP contribution < -0.4 is 15.5 Å². The molecule has 0 spiro atoms. The monoisotopic (exact) mass is 723 g/mol. The van der Waals surface area contributed by atoms with E-state index in [0.717, 1.165) is 55.7 Å². The van der Waals surface area contributed by atoms with Gasteiger partial charge in [0.1, 0.15) is 11.0 Å². The van der Waals surface area contributed by atoms with Gasteiger partial charge in [-0.25, -0.2) is 0 Å². The molecule has 0 radical (unpaired) electrons. The smallest absolute Gasteiger partial charge is 0.142 e. The van der Waals surface area contributed by atoms with E-state index in [4.69, 9.17) is 4.42 Å². The molecule has 2 nitrogen and oxygen atoms in total. The topological polar surface area (TPSA) is 16.4 Å². The normalized spacial score (nSPS) is 11.7. The fraction of sp³-hybridized carbons (Fsp3) is 0.0741. The first-order valence-corrected chi connectivity index (χ1v) is 19.3. The third-order valence-corrected chi connectivity index (χ3v) is 10.0. The Balaban J connectivity index is 0.00000105. The van der Waals surface area contributed by atoms with Crippen molar-refractivity contribution in [2.24, 2.45) is 5.92 Å². The van der Waals surface area contributed by atoms with Crippen molar-refractivity contribution in [3.8, 4) is 22.3 Å². The van der Waals surface area contributed by atoms with E-state index in [2.05, 4.69) is 190 Å².